The smallest absolute Gasteiger partial charge is 0.306 e. The van der Waals surface area contributed by atoms with Gasteiger partial charge in [0.25, 0.3) is 0 Å². The molecular formula is C68H124O6. The Bertz CT molecular complexity index is 1280. The minimum atomic E-state index is -0.778. The summed E-state index contributed by atoms with van der Waals surface area (Å²) in [5.74, 6) is -0.870. The average molecular weight is 1040 g/mol. The second-order valence-corrected chi connectivity index (χ2v) is 22.0. The minimum Gasteiger partial charge on any atom is -0.462 e. The number of esters is 3. The molecule has 0 radical (unpaired) electrons. The highest BCUT2D eigenvalue weighted by molar-refractivity contribution is 5.71. The normalized spacial score (nSPS) is 12.3. The van der Waals surface area contributed by atoms with Crippen molar-refractivity contribution in [2.45, 2.75) is 354 Å². The summed E-state index contributed by atoms with van der Waals surface area (Å²) < 4.78 is 16.9. The number of rotatable bonds is 60. The minimum absolute atomic E-state index is 0.0746. The lowest BCUT2D eigenvalue weighted by Crippen LogP contribution is -2.30. The maximum absolute atomic E-state index is 12.9. The number of unbranched alkanes of at least 4 members (excludes halogenated alkanes) is 41. The maximum atomic E-state index is 12.9. The van der Waals surface area contributed by atoms with Gasteiger partial charge in [0.1, 0.15) is 13.2 Å². The molecule has 0 bridgehead atoms. The molecule has 0 aliphatic rings. The van der Waals surface area contributed by atoms with Gasteiger partial charge in [-0.05, 0) is 103 Å². The highest BCUT2D eigenvalue weighted by Gasteiger charge is 2.19. The Labute approximate surface area is 460 Å². The Morgan fingerprint density at radius 2 is 0.486 bits per heavy atom. The fraction of sp³-hybridized carbons (Fsp3) is 0.838. The molecule has 6 nitrogen and oxygen atoms in total. The van der Waals surface area contributed by atoms with E-state index >= 15 is 0 Å². The van der Waals surface area contributed by atoms with Crippen LogP contribution in [0.5, 0.6) is 0 Å². The molecule has 0 aliphatic heterocycles. The molecule has 6 heteroatoms. The molecular weight excluding hydrogens is 913 g/mol. The van der Waals surface area contributed by atoms with Crippen LogP contribution in [-0.2, 0) is 28.6 Å². The third kappa shape index (κ3) is 60.2. The predicted molar refractivity (Wildman–Crippen MR) is 321 cm³/mol. The molecule has 0 fully saturated rings. The van der Waals surface area contributed by atoms with Gasteiger partial charge in [-0.15, -0.1) is 0 Å². The van der Waals surface area contributed by atoms with Gasteiger partial charge in [0, 0.05) is 19.3 Å². The molecule has 74 heavy (non-hydrogen) atoms. The van der Waals surface area contributed by atoms with Crippen LogP contribution in [0, 0.1) is 0 Å². The van der Waals surface area contributed by atoms with Crippen LogP contribution < -0.4 is 0 Å². The fourth-order valence-electron chi connectivity index (χ4n) is 9.58. The first kappa shape index (κ1) is 71.4. The Hall–Kier alpha value is -2.63. The van der Waals surface area contributed by atoms with E-state index in [9.17, 15) is 14.4 Å². The Kier molecular flexibility index (Phi) is 60.7. The van der Waals surface area contributed by atoms with Crippen LogP contribution >= 0.6 is 0 Å². The van der Waals surface area contributed by atoms with Gasteiger partial charge in [-0.25, -0.2) is 0 Å². The molecule has 432 valence electrons. The molecule has 0 aromatic carbocycles. The van der Waals surface area contributed by atoms with Crippen molar-refractivity contribution in [1.29, 1.82) is 0 Å². The Morgan fingerprint density at radius 3 is 0.784 bits per heavy atom. The second kappa shape index (κ2) is 62.9. The standard InChI is InChI=1S/C68H124O6/c1-4-7-10-13-16-19-22-25-27-29-30-31-32-33-34-35-36-37-38-40-41-43-46-49-52-55-58-61-67(70)73-64-65(63-72-66(69)60-57-54-51-48-45-24-21-18-15-12-9-6-3)74-68(71)62-59-56-53-50-47-44-42-39-28-26-23-20-17-14-11-8-5-2/h18,21-22,25-26,28-30,65H,4-17,19-20,23-24,27,31-64H2,1-3H3/b21-18-,25-22-,28-26-,30-29-. The second-order valence-electron chi connectivity index (χ2n) is 22.0. The fourth-order valence-corrected chi connectivity index (χ4v) is 9.58. The zero-order valence-electron chi connectivity index (χ0n) is 49.6. The summed E-state index contributed by atoms with van der Waals surface area (Å²) in [4.78, 5) is 38.3. The number of hydrogen-bond acceptors (Lipinski definition) is 6. The third-order valence-electron chi connectivity index (χ3n) is 14.5. The van der Waals surface area contributed by atoms with Gasteiger partial charge in [-0.2, -0.15) is 0 Å². The van der Waals surface area contributed by atoms with Crippen LogP contribution in [0.15, 0.2) is 48.6 Å². The van der Waals surface area contributed by atoms with Crippen molar-refractivity contribution in [2.24, 2.45) is 0 Å². The number of allylic oxidation sites excluding steroid dienone is 8. The monoisotopic (exact) mass is 1040 g/mol. The largest absolute Gasteiger partial charge is 0.462 e. The molecule has 0 saturated heterocycles. The van der Waals surface area contributed by atoms with E-state index in [0.717, 1.165) is 70.6 Å². The highest BCUT2D eigenvalue weighted by atomic mass is 16.6. The summed E-state index contributed by atoms with van der Waals surface area (Å²) >= 11 is 0. The lowest BCUT2D eigenvalue weighted by atomic mass is 10.0. The van der Waals surface area contributed by atoms with Crippen LogP contribution in [0.4, 0.5) is 0 Å². The topological polar surface area (TPSA) is 78.9 Å². The molecule has 0 aromatic rings. The van der Waals surface area contributed by atoms with E-state index in [1.807, 2.05) is 0 Å². The van der Waals surface area contributed by atoms with Gasteiger partial charge in [-0.1, -0.05) is 275 Å². The van der Waals surface area contributed by atoms with Crippen molar-refractivity contribution in [3.05, 3.63) is 48.6 Å². The van der Waals surface area contributed by atoms with Gasteiger partial charge in [0.05, 0.1) is 0 Å². The van der Waals surface area contributed by atoms with Crippen molar-refractivity contribution in [3.8, 4) is 0 Å². The molecule has 0 saturated carbocycles. The predicted octanol–water partition coefficient (Wildman–Crippen LogP) is 22.2. The van der Waals surface area contributed by atoms with Crippen LogP contribution in [0.2, 0.25) is 0 Å². The van der Waals surface area contributed by atoms with Crippen LogP contribution in [0.25, 0.3) is 0 Å². The summed E-state index contributed by atoms with van der Waals surface area (Å²) in [5, 5.41) is 0. The number of ether oxygens (including phenoxy) is 3. The lowest BCUT2D eigenvalue weighted by Gasteiger charge is -2.18. The molecule has 0 amide bonds. The van der Waals surface area contributed by atoms with E-state index in [-0.39, 0.29) is 31.1 Å². The van der Waals surface area contributed by atoms with Gasteiger partial charge < -0.3 is 14.2 Å². The van der Waals surface area contributed by atoms with E-state index in [0.29, 0.717) is 19.3 Å². The summed E-state index contributed by atoms with van der Waals surface area (Å²) in [6.45, 7) is 6.64. The zero-order valence-corrected chi connectivity index (χ0v) is 49.6. The molecule has 1 atom stereocenters. The Balaban J connectivity index is 4.21. The quantitative estimate of drug-likeness (QED) is 0.0261. The van der Waals surface area contributed by atoms with Crippen molar-refractivity contribution < 1.29 is 28.6 Å². The molecule has 0 spiro atoms. The first-order valence-electron chi connectivity index (χ1n) is 32.6. The van der Waals surface area contributed by atoms with Gasteiger partial charge >= 0.3 is 17.9 Å². The SMILES string of the molecule is CCCCC/C=C\CCCCCCCC(=O)OCC(COC(=O)CCCCCCCCCCCCCCCCC/C=C\C/C=C\CCCCCCC)OC(=O)CCCCCCCCC/C=C\CCCCCCCC. The molecule has 0 heterocycles. The number of hydrogen-bond donors (Lipinski definition) is 0. The van der Waals surface area contributed by atoms with Crippen molar-refractivity contribution >= 4 is 17.9 Å². The third-order valence-corrected chi connectivity index (χ3v) is 14.5. The van der Waals surface area contributed by atoms with Crippen molar-refractivity contribution in [3.63, 3.8) is 0 Å². The van der Waals surface area contributed by atoms with Gasteiger partial charge in [-0.3, -0.25) is 14.4 Å². The van der Waals surface area contributed by atoms with Crippen LogP contribution in [0.1, 0.15) is 348 Å². The van der Waals surface area contributed by atoms with Crippen LogP contribution in [-0.4, -0.2) is 37.2 Å². The Morgan fingerprint density at radius 1 is 0.270 bits per heavy atom. The average Bonchev–Trinajstić information content (AvgIpc) is 3.40. The van der Waals surface area contributed by atoms with E-state index in [4.69, 9.17) is 14.2 Å². The molecule has 0 aliphatic carbocycles. The molecule has 1 unspecified atom stereocenters. The van der Waals surface area contributed by atoms with Gasteiger partial charge in [0.2, 0.25) is 0 Å². The summed E-state index contributed by atoms with van der Waals surface area (Å²) in [5.41, 5.74) is 0. The molecule has 0 aromatic heterocycles. The first-order valence-corrected chi connectivity index (χ1v) is 32.6. The van der Waals surface area contributed by atoms with Crippen LogP contribution in [0.3, 0.4) is 0 Å². The molecule has 0 N–H and O–H groups in total. The van der Waals surface area contributed by atoms with Gasteiger partial charge in [0.15, 0.2) is 6.10 Å². The number of carbonyl (C=O) groups is 3. The van der Waals surface area contributed by atoms with E-state index in [2.05, 4.69) is 69.4 Å². The van der Waals surface area contributed by atoms with E-state index in [1.165, 1.54) is 238 Å². The first-order chi connectivity index (χ1) is 36.5. The van der Waals surface area contributed by atoms with Crippen molar-refractivity contribution in [1.82, 2.24) is 0 Å². The highest BCUT2D eigenvalue weighted by Crippen LogP contribution is 2.17. The zero-order chi connectivity index (χ0) is 53.6. The summed E-state index contributed by atoms with van der Waals surface area (Å²) in [6, 6.07) is 0. The summed E-state index contributed by atoms with van der Waals surface area (Å²) in [7, 11) is 0. The summed E-state index contributed by atoms with van der Waals surface area (Å²) in [6.07, 6.45) is 78.4. The number of carbonyl (C=O) groups excluding carboxylic acids is 3. The van der Waals surface area contributed by atoms with Crippen molar-refractivity contribution in [2.75, 3.05) is 13.2 Å². The lowest BCUT2D eigenvalue weighted by molar-refractivity contribution is -0.167. The van der Waals surface area contributed by atoms with E-state index < -0.39 is 6.10 Å². The molecule has 0 rings (SSSR count). The maximum Gasteiger partial charge on any atom is 0.306 e. The van der Waals surface area contributed by atoms with E-state index in [1.54, 1.807) is 0 Å².